The van der Waals surface area contributed by atoms with E-state index in [0.717, 1.165) is 11.1 Å². The van der Waals surface area contributed by atoms with Crippen LogP contribution in [0.1, 0.15) is 27.7 Å². The molecule has 1 amide bonds. The highest BCUT2D eigenvalue weighted by Gasteiger charge is 2.19. The van der Waals surface area contributed by atoms with E-state index in [0.29, 0.717) is 18.1 Å². The molecule has 1 atom stereocenters. The largest absolute Gasteiger partial charge is 0.340 e. The van der Waals surface area contributed by atoms with Gasteiger partial charge < -0.3 is 11.1 Å². The quantitative estimate of drug-likeness (QED) is 0.711. The number of rotatable bonds is 6. The van der Waals surface area contributed by atoms with E-state index in [9.17, 15) is 4.79 Å². The van der Waals surface area contributed by atoms with Gasteiger partial charge in [-0.25, -0.2) is 0 Å². The van der Waals surface area contributed by atoms with Crippen LogP contribution in [0.4, 0.5) is 0 Å². The summed E-state index contributed by atoms with van der Waals surface area (Å²) in [5.74, 6) is -0.299. The lowest BCUT2D eigenvalue weighted by Crippen LogP contribution is -2.29. The average molecular weight is 356 g/mol. The predicted octanol–water partition coefficient (Wildman–Crippen LogP) is 2.41. The Bertz CT molecular complexity index is 832. The fourth-order valence-electron chi connectivity index (χ4n) is 2.51. The van der Waals surface area contributed by atoms with Gasteiger partial charge in [-0.1, -0.05) is 59.3 Å². The maximum Gasteiger partial charge on any atom is 0.274 e. The fraction of sp³-hybridized carbons (Fsp3) is 0.167. The second-order valence-corrected chi connectivity index (χ2v) is 5.96. The fourth-order valence-corrected chi connectivity index (χ4v) is 2.63. The van der Waals surface area contributed by atoms with Gasteiger partial charge in [-0.2, -0.15) is 0 Å². The number of nitrogens with zero attached hydrogens (tertiary/aromatic N) is 3. The van der Waals surface area contributed by atoms with E-state index in [2.05, 4.69) is 15.6 Å². The highest BCUT2D eigenvalue weighted by Crippen LogP contribution is 2.23. The second kappa shape index (κ2) is 7.92. The lowest BCUT2D eigenvalue weighted by Gasteiger charge is -2.19. The molecule has 0 saturated heterocycles. The van der Waals surface area contributed by atoms with Gasteiger partial charge >= 0.3 is 0 Å². The molecule has 0 aliphatic rings. The summed E-state index contributed by atoms with van der Waals surface area (Å²) in [6.07, 6.45) is 1.59. The van der Waals surface area contributed by atoms with Gasteiger partial charge in [0, 0.05) is 11.6 Å². The highest BCUT2D eigenvalue weighted by atomic mass is 35.5. The molecule has 1 heterocycles. The van der Waals surface area contributed by atoms with Gasteiger partial charge in [0.1, 0.15) is 0 Å². The Balaban J connectivity index is 1.86. The number of amides is 1. The van der Waals surface area contributed by atoms with E-state index in [1.54, 1.807) is 23.0 Å². The minimum absolute atomic E-state index is 0.253. The van der Waals surface area contributed by atoms with E-state index in [-0.39, 0.29) is 17.6 Å². The van der Waals surface area contributed by atoms with Crippen molar-refractivity contribution in [1.29, 1.82) is 0 Å². The summed E-state index contributed by atoms with van der Waals surface area (Å²) in [5, 5.41) is 11.5. The van der Waals surface area contributed by atoms with Gasteiger partial charge in [-0.15, -0.1) is 5.10 Å². The summed E-state index contributed by atoms with van der Waals surface area (Å²) in [6.45, 7) is 0.946. The topological polar surface area (TPSA) is 85.8 Å². The first-order valence-corrected chi connectivity index (χ1v) is 8.26. The molecule has 0 radical (unpaired) electrons. The number of halogens is 1. The molecule has 0 bridgehead atoms. The first-order chi connectivity index (χ1) is 12.2. The van der Waals surface area contributed by atoms with E-state index < -0.39 is 0 Å². The Morgan fingerprint density at radius 1 is 1.12 bits per heavy atom. The SMILES string of the molecule is NCCn1cc(C(=O)N[C@H](c2ccccc2)c2ccc(Cl)cc2)nn1. The zero-order valence-corrected chi connectivity index (χ0v) is 14.2. The van der Waals surface area contributed by atoms with Crippen LogP contribution in [0.15, 0.2) is 60.8 Å². The van der Waals surface area contributed by atoms with Gasteiger partial charge in [0.15, 0.2) is 5.69 Å². The van der Waals surface area contributed by atoms with Gasteiger partial charge in [-0.3, -0.25) is 9.48 Å². The van der Waals surface area contributed by atoms with Crippen LogP contribution in [0.25, 0.3) is 0 Å². The number of nitrogens with one attached hydrogen (secondary N) is 1. The van der Waals surface area contributed by atoms with Crippen LogP contribution in [0.3, 0.4) is 0 Å². The summed E-state index contributed by atoms with van der Waals surface area (Å²) in [7, 11) is 0. The third-order valence-corrected chi connectivity index (χ3v) is 3.99. The number of carbonyl (C=O) groups excluding carboxylic acids is 1. The highest BCUT2D eigenvalue weighted by molar-refractivity contribution is 6.30. The zero-order chi connectivity index (χ0) is 17.6. The maximum absolute atomic E-state index is 12.6. The lowest BCUT2D eigenvalue weighted by molar-refractivity contribution is 0.0938. The summed E-state index contributed by atoms with van der Waals surface area (Å²) >= 11 is 5.98. The number of hydrogen-bond acceptors (Lipinski definition) is 4. The summed E-state index contributed by atoms with van der Waals surface area (Å²) in [6, 6.07) is 16.8. The number of carbonyl (C=O) groups is 1. The molecule has 1 aromatic heterocycles. The van der Waals surface area contributed by atoms with Crippen molar-refractivity contribution in [2.24, 2.45) is 5.73 Å². The monoisotopic (exact) mass is 355 g/mol. The van der Waals surface area contributed by atoms with Crippen molar-refractivity contribution < 1.29 is 4.79 Å². The molecule has 6 nitrogen and oxygen atoms in total. The Kier molecular flexibility index (Phi) is 5.42. The molecule has 3 N–H and O–H groups in total. The van der Waals surface area contributed by atoms with E-state index in [4.69, 9.17) is 17.3 Å². The molecule has 3 aromatic rings. The molecule has 3 rings (SSSR count). The molecule has 7 heteroatoms. The van der Waals surface area contributed by atoms with Crippen molar-refractivity contribution in [2.45, 2.75) is 12.6 Å². The second-order valence-electron chi connectivity index (χ2n) is 5.52. The van der Waals surface area contributed by atoms with E-state index in [1.807, 2.05) is 42.5 Å². The molecular formula is C18H18ClN5O. The smallest absolute Gasteiger partial charge is 0.274 e. The lowest BCUT2D eigenvalue weighted by atomic mass is 9.98. The third kappa shape index (κ3) is 4.23. The molecule has 128 valence electrons. The first kappa shape index (κ1) is 17.1. The van der Waals surface area contributed by atoms with Crippen molar-refractivity contribution in [2.75, 3.05) is 6.54 Å². The zero-order valence-electron chi connectivity index (χ0n) is 13.5. The van der Waals surface area contributed by atoms with Crippen LogP contribution >= 0.6 is 11.6 Å². The standard InChI is InChI=1S/C18H18ClN5O/c19-15-8-6-14(7-9-15)17(13-4-2-1-3-5-13)21-18(25)16-12-24(11-10-20)23-22-16/h1-9,12,17H,10-11,20H2,(H,21,25)/t17-/m1/s1. The van der Waals surface area contributed by atoms with E-state index in [1.165, 1.54) is 0 Å². The minimum Gasteiger partial charge on any atom is -0.340 e. The molecule has 2 aromatic carbocycles. The number of hydrogen-bond donors (Lipinski definition) is 2. The maximum atomic E-state index is 12.6. The molecule has 0 aliphatic heterocycles. The Labute approximate surface area is 150 Å². The molecule has 0 aliphatic carbocycles. The molecule has 0 saturated carbocycles. The first-order valence-electron chi connectivity index (χ1n) is 7.89. The number of aromatic nitrogens is 3. The number of nitrogens with two attached hydrogens (primary N) is 1. The van der Waals surface area contributed by atoms with Crippen LogP contribution in [-0.4, -0.2) is 27.4 Å². The Morgan fingerprint density at radius 2 is 1.80 bits per heavy atom. The van der Waals surface area contributed by atoms with Gasteiger partial charge in [0.25, 0.3) is 5.91 Å². The van der Waals surface area contributed by atoms with Crippen molar-refractivity contribution in [3.05, 3.63) is 82.6 Å². The Morgan fingerprint density at radius 3 is 2.48 bits per heavy atom. The van der Waals surface area contributed by atoms with Crippen LogP contribution in [-0.2, 0) is 6.54 Å². The molecule has 0 fully saturated rings. The van der Waals surface area contributed by atoms with Crippen molar-refractivity contribution in [3.63, 3.8) is 0 Å². The van der Waals surface area contributed by atoms with Gasteiger partial charge in [-0.05, 0) is 23.3 Å². The van der Waals surface area contributed by atoms with Crippen LogP contribution in [0.2, 0.25) is 5.02 Å². The summed E-state index contributed by atoms with van der Waals surface area (Å²) < 4.78 is 1.55. The Hall–Kier alpha value is -2.70. The van der Waals surface area contributed by atoms with Crippen molar-refractivity contribution in [1.82, 2.24) is 20.3 Å². The van der Waals surface area contributed by atoms with Gasteiger partial charge in [0.05, 0.1) is 18.8 Å². The van der Waals surface area contributed by atoms with Crippen molar-refractivity contribution in [3.8, 4) is 0 Å². The van der Waals surface area contributed by atoms with Crippen LogP contribution in [0.5, 0.6) is 0 Å². The minimum atomic E-state index is -0.314. The molecule has 0 unspecified atom stereocenters. The molecule has 0 spiro atoms. The van der Waals surface area contributed by atoms with Crippen LogP contribution in [0, 0.1) is 0 Å². The predicted molar refractivity (Wildman–Crippen MR) is 96.3 cm³/mol. The van der Waals surface area contributed by atoms with Crippen LogP contribution < -0.4 is 11.1 Å². The normalized spacial score (nSPS) is 11.9. The number of benzene rings is 2. The average Bonchev–Trinajstić information content (AvgIpc) is 3.10. The molecule has 25 heavy (non-hydrogen) atoms. The van der Waals surface area contributed by atoms with E-state index >= 15 is 0 Å². The van der Waals surface area contributed by atoms with Gasteiger partial charge in [0.2, 0.25) is 0 Å². The summed E-state index contributed by atoms with van der Waals surface area (Å²) in [5.41, 5.74) is 7.64. The van der Waals surface area contributed by atoms with Crippen molar-refractivity contribution >= 4 is 17.5 Å². The summed E-state index contributed by atoms with van der Waals surface area (Å²) in [4.78, 5) is 12.6. The third-order valence-electron chi connectivity index (χ3n) is 3.74. The molecular weight excluding hydrogens is 338 g/mol.